The number of rotatable bonds is 4. The summed E-state index contributed by atoms with van der Waals surface area (Å²) in [6.45, 7) is 4.59. The molecule has 0 amide bonds. The van der Waals surface area contributed by atoms with Gasteiger partial charge in [0, 0.05) is 88.1 Å². The first-order chi connectivity index (χ1) is 34.0. The van der Waals surface area contributed by atoms with Gasteiger partial charge in [-0.2, -0.15) is 9.59 Å². The molecule has 14 rings (SSSR count). The third-order valence-electron chi connectivity index (χ3n) is 13.2. The van der Waals surface area contributed by atoms with E-state index in [1.54, 1.807) is 0 Å². The normalized spacial score (nSPS) is 15.3. The van der Waals surface area contributed by atoms with E-state index >= 15 is 0 Å². The quantitative estimate of drug-likeness (QED) is 0.116. The summed E-state index contributed by atoms with van der Waals surface area (Å²) in [5, 5.41) is 6.86. The minimum absolute atomic E-state index is 0.0354. The molecule has 69 heavy (non-hydrogen) atoms. The van der Waals surface area contributed by atoms with Crippen molar-refractivity contribution in [3.63, 3.8) is 0 Å². The van der Waals surface area contributed by atoms with Gasteiger partial charge in [0.1, 0.15) is 17.2 Å². The highest BCUT2D eigenvalue weighted by Crippen LogP contribution is 2.35. The maximum atomic E-state index is 12.7. The Labute approximate surface area is 398 Å². The van der Waals surface area contributed by atoms with Crippen LogP contribution in [0.3, 0.4) is 0 Å². The third-order valence-corrected chi connectivity index (χ3v) is 13.2. The van der Waals surface area contributed by atoms with Crippen molar-refractivity contribution >= 4 is 44.6 Å². The van der Waals surface area contributed by atoms with E-state index in [-0.39, 0.29) is 17.6 Å². The summed E-state index contributed by atoms with van der Waals surface area (Å²) in [7, 11) is 0. The molecule has 12 nitrogen and oxygen atoms in total. The number of ether oxygens (including phenoxy) is 3. The predicted molar refractivity (Wildman–Crippen MR) is 269 cm³/mol. The van der Waals surface area contributed by atoms with Gasteiger partial charge in [-0.15, -0.1) is 0 Å². The first kappa shape index (κ1) is 44.8. The Kier molecular flexibility index (Phi) is 13.3. The van der Waals surface area contributed by atoms with Gasteiger partial charge < -0.3 is 40.2 Å². The lowest BCUT2D eigenvalue weighted by atomic mass is 9.96. The molecule has 8 heterocycles. The summed E-state index contributed by atoms with van der Waals surface area (Å²) < 4.78 is 16.5. The number of aromatic nitrogens is 3. The van der Waals surface area contributed by atoms with Crippen LogP contribution in [0.2, 0.25) is 0 Å². The molecule has 0 spiro atoms. The van der Waals surface area contributed by atoms with E-state index in [1.807, 2.05) is 60.8 Å². The smallest absolute Gasteiger partial charge is 0.373 e. The van der Waals surface area contributed by atoms with E-state index in [4.69, 9.17) is 34.5 Å². The fraction of sp³-hybridized carbons (Fsp3) is 0.211. The summed E-state index contributed by atoms with van der Waals surface area (Å²) in [6, 6.07) is 45.5. The van der Waals surface area contributed by atoms with Crippen molar-refractivity contribution in [3.8, 4) is 17.2 Å². The fourth-order valence-electron chi connectivity index (χ4n) is 9.90. The van der Waals surface area contributed by atoms with Gasteiger partial charge in [0.15, 0.2) is 5.43 Å². The number of aliphatic imine (C=N–C) groups is 1. The highest BCUT2D eigenvalue weighted by atomic mass is 16.5. The Morgan fingerprint density at radius 1 is 0.623 bits per heavy atom. The molecule has 346 valence electrons. The van der Waals surface area contributed by atoms with E-state index in [9.17, 15) is 4.79 Å². The Bertz CT molecular complexity index is 3410. The topological polar surface area (TPSA) is 177 Å². The maximum absolute atomic E-state index is 12.7. The van der Waals surface area contributed by atoms with Crippen molar-refractivity contribution in [1.29, 1.82) is 0 Å². The number of H-pyrrole nitrogens is 3. The van der Waals surface area contributed by atoms with Crippen LogP contribution in [0.5, 0.6) is 17.2 Å². The second-order valence-electron chi connectivity index (χ2n) is 17.3. The van der Waals surface area contributed by atoms with Crippen LogP contribution in [0.15, 0.2) is 149 Å². The lowest BCUT2D eigenvalue weighted by Gasteiger charge is -2.14. The second-order valence-corrected chi connectivity index (χ2v) is 17.3. The van der Waals surface area contributed by atoms with Crippen LogP contribution in [0.1, 0.15) is 61.9 Å². The van der Waals surface area contributed by atoms with Gasteiger partial charge >= 0.3 is 6.15 Å². The molecular formula is C57H52N6O6. The van der Waals surface area contributed by atoms with Crippen LogP contribution in [0, 0.1) is 0 Å². The second kappa shape index (κ2) is 20.5. The molecular weight excluding hydrogens is 865 g/mol. The average Bonchev–Trinajstić information content (AvgIpc) is 4.27. The zero-order chi connectivity index (χ0) is 47.1. The molecule has 5 aliphatic rings. The van der Waals surface area contributed by atoms with Crippen LogP contribution in [-0.4, -0.2) is 59.7 Å². The molecule has 3 aromatic heterocycles. The Morgan fingerprint density at radius 2 is 1.23 bits per heavy atom. The first-order valence-corrected chi connectivity index (χ1v) is 23.5. The van der Waals surface area contributed by atoms with Gasteiger partial charge in [-0.3, -0.25) is 9.79 Å². The molecule has 0 fully saturated rings. The molecule has 6 N–H and O–H groups in total. The van der Waals surface area contributed by atoms with Crippen molar-refractivity contribution in [2.45, 2.75) is 44.7 Å². The number of aromatic amines is 3. The van der Waals surface area contributed by atoms with Crippen molar-refractivity contribution in [3.05, 3.63) is 206 Å². The largest absolute Gasteiger partial charge is 0.493 e. The minimum Gasteiger partial charge on any atom is -0.493 e. The van der Waals surface area contributed by atoms with Crippen molar-refractivity contribution < 1.29 is 23.8 Å². The van der Waals surface area contributed by atoms with E-state index in [0.717, 1.165) is 104 Å². The van der Waals surface area contributed by atoms with E-state index in [0.29, 0.717) is 13.1 Å². The number of para-hydroxylation sites is 4. The Hall–Kier alpha value is -8.02. The van der Waals surface area contributed by atoms with E-state index in [1.165, 1.54) is 66.4 Å². The van der Waals surface area contributed by atoms with Gasteiger partial charge in [-0.1, -0.05) is 78.9 Å². The van der Waals surface area contributed by atoms with E-state index in [2.05, 4.69) is 99.1 Å². The lowest BCUT2D eigenvalue weighted by molar-refractivity contribution is -0.191. The summed E-state index contributed by atoms with van der Waals surface area (Å²) in [4.78, 5) is 44.0. The van der Waals surface area contributed by atoms with Crippen LogP contribution in [0.4, 0.5) is 0 Å². The zero-order valence-corrected chi connectivity index (χ0v) is 38.1. The average molecular weight is 917 g/mol. The number of pyridine rings is 1. The molecule has 9 aromatic rings. The van der Waals surface area contributed by atoms with Gasteiger partial charge in [0.05, 0.1) is 37.3 Å². The highest BCUT2D eigenvalue weighted by molar-refractivity contribution is 6.16. The number of hydrogen-bond donors (Lipinski definition) is 5. The molecule has 1 atom stereocenters. The molecule has 0 radical (unpaired) electrons. The fourth-order valence-corrected chi connectivity index (χ4v) is 9.90. The zero-order valence-electron chi connectivity index (χ0n) is 38.1. The lowest BCUT2D eigenvalue weighted by Crippen LogP contribution is -2.14. The first-order valence-electron chi connectivity index (χ1n) is 23.5. The minimum atomic E-state index is 0.0354. The van der Waals surface area contributed by atoms with Crippen LogP contribution in [-0.2, 0) is 48.2 Å². The molecule has 0 bridgehead atoms. The van der Waals surface area contributed by atoms with Crippen molar-refractivity contribution in [2.24, 2.45) is 10.7 Å². The molecule has 0 aliphatic carbocycles. The van der Waals surface area contributed by atoms with E-state index < -0.39 is 0 Å². The number of nitrogens with two attached hydrogens (primary N) is 1. The standard InChI is InChI=1S/C19H16N2O2.C19H16N2O.C10H12N2.C8H8O.CO2/c22-19-13-3-1-2-4-15(13)21-18-14(19)10-20-17(18)12-5-6-16-11(9-12)7-8-23-16;1-2-4-16-14(3-1)15-7-9-20-18(19(15)21-16)13-5-6-17-12(11-13)8-10-22-17;11-6-5-8-7-12-10-4-2-1-3-9(8)10;1-2-4-8-7(3-1)5-6-9-8;2-1-3/h1-6,9,17,20H,7-8,10H2,(H,21,22);1-6,11,21H,7-10H2;1-4,7,12H,5-6,11H2;1-4H,5-6H2;/t17-;;;;/m1..../s1. The van der Waals surface area contributed by atoms with Gasteiger partial charge in [-0.25, -0.2) is 0 Å². The van der Waals surface area contributed by atoms with Crippen LogP contribution in [0.25, 0.3) is 32.7 Å². The summed E-state index contributed by atoms with van der Waals surface area (Å²) in [5.41, 5.74) is 22.0. The summed E-state index contributed by atoms with van der Waals surface area (Å²) >= 11 is 0. The molecule has 0 unspecified atom stereocenters. The van der Waals surface area contributed by atoms with Gasteiger partial charge in [0.2, 0.25) is 0 Å². The maximum Gasteiger partial charge on any atom is 0.373 e. The number of nitrogens with one attached hydrogen (secondary N) is 4. The molecule has 0 saturated carbocycles. The monoisotopic (exact) mass is 916 g/mol. The Balaban J connectivity index is 0.000000111. The molecule has 6 aromatic carbocycles. The molecule has 12 heteroatoms. The third kappa shape index (κ3) is 9.33. The molecule has 0 saturated heterocycles. The van der Waals surface area contributed by atoms with Crippen molar-refractivity contribution in [1.82, 2.24) is 20.3 Å². The number of nitrogens with zero attached hydrogens (tertiary/aromatic N) is 1. The number of hydrogen-bond acceptors (Lipinski definition) is 9. The van der Waals surface area contributed by atoms with Crippen LogP contribution < -0.4 is 30.7 Å². The number of carbonyl (C=O) groups excluding carboxylic acids is 2. The Morgan fingerprint density at radius 3 is 1.97 bits per heavy atom. The predicted octanol–water partition coefficient (Wildman–Crippen LogP) is 8.86. The van der Waals surface area contributed by atoms with Gasteiger partial charge in [-0.05, 0) is 107 Å². The van der Waals surface area contributed by atoms with Gasteiger partial charge in [0.25, 0.3) is 0 Å². The summed E-state index contributed by atoms with van der Waals surface area (Å²) in [5.74, 6) is 3.08. The summed E-state index contributed by atoms with van der Waals surface area (Å²) in [6.07, 6.45) is 7.28. The van der Waals surface area contributed by atoms with Crippen molar-refractivity contribution in [2.75, 3.05) is 32.9 Å². The molecule has 5 aliphatic heterocycles. The SMILES string of the molecule is NCCc1c[nH]c2ccccc12.O=C=O.O=c1c2c([nH]c3ccccc13)[C@@H](c1ccc3c(c1)CCO3)NC2.c1ccc2c(c1)CCO2.c1ccc2c3c([nH]c2c1)C(c1ccc2c(c1)CCO2)=NCC3. The number of fused-ring (bicyclic) bond motifs is 9. The van der Waals surface area contributed by atoms with Crippen LogP contribution >= 0.6 is 0 Å². The number of benzene rings is 6. The highest BCUT2D eigenvalue weighted by Gasteiger charge is 2.29.